The van der Waals surface area contributed by atoms with E-state index < -0.39 is 5.57 Å². The molecular weight excluding hydrogens is 484 g/mol. The Labute approximate surface area is 205 Å². The Bertz CT molecular complexity index is 1160. The van der Waals surface area contributed by atoms with Gasteiger partial charge in [-0.1, -0.05) is 0 Å². The number of nitrogens with zero attached hydrogens (tertiary/aromatic N) is 4. The minimum absolute atomic E-state index is 0.0337. The maximum Gasteiger partial charge on any atom is 0.487 e. The summed E-state index contributed by atoms with van der Waals surface area (Å²) in [5.41, 5.74) is -2.14. The minimum atomic E-state index is -3.80. The number of anilines is 2. The van der Waals surface area contributed by atoms with Gasteiger partial charge in [0, 0.05) is 53.9 Å². The fourth-order valence-electron chi connectivity index (χ4n) is 3.80. The lowest BCUT2D eigenvalue weighted by atomic mass is 10.0. The zero-order valence-corrected chi connectivity index (χ0v) is 20.5. The van der Waals surface area contributed by atoms with Crippen LogP contribution in [0.1, 0.15) is 23.7 Å². The van der Waals surface area contributed by atoms with Gasteiger partial charge in [0.25, 0.3) is 5.91 Å². The van der Waals surface area contributed by atoms with E-state index in [4.69, 9.17) is 11.6 Å². The van der Waals surface area contributed by atoms with Crippen LogP contribution in [0.15, 0.2) is 48.8 Å². The van der Waals surface area contributed by atoms with Gasteiger partial charge in [-0.05, 0) is 75.4 Å². The second-order valence-corrected chi connectivity index (χ2v) is 9.83. The molecule has 3 heterocycles. The molecule has 0 bridgehead atoms. The molecule has 1 saturated heterocycles. The predicted octanol–water partition coefficient (Wildman–Crippen LogP) is 5.16. The van der Waals surface area contributed by atoms with Crippen molar-refractivity contribution in [1.82, 2.24) is 14.3 Å². The highest BCUT2D eigenvalue weighted by atomic mass is 35.5. The van der Waals surface area contributed by atoms with E-state index in [1.54, 1.807) is 12.4 Å². The monoisotopic (exact) mass is 507 g/mol. The summed E-state index contributed by atoms with van der Waals surface area (Å²) in [4.78, 5) is 23.0. The first-order valence-corrected chi connectivity index (χ1v) is 11.7. The van der Waals surface area contributed by atoms with Gasteiger partial charge in [-0.15, -0.1) is 8.78 Å². The van der Waals surface area contributed by atoms with Gasteiger partial charge in [0.15, 0.2) is 0 Å². The van der Waals surface area contributed by atoms with Crippen LogP contribution in [0.25, 0.3) is 10.4 Å². The van der Waals surface area contributed by atoms with Crippen LogP contribution in [0.5, 0.6) is 5.75 Å². The van der Waals surface area contributed by atoms with E-state index in [-0.39, 0.29) is 17.2 Å². The number of rotatable bonds is 7. The van der Waals surface area contributed by atoms with Crippen molar-refractivity contribution in [2.24, 2.45) is 0 Å². The van der Waals surface area contributed by atoms with Gasteiger partial charge >= 0.3 is 5.57 Å². The molecule has 1 N–H and O–H groups in total. The molecule has 34 heavy (non-hydrogen) atoms. The first-order valence-electron chi connectivity index (χ1n) is 10.5. The highest BCUT2D eigenvalue weighted by molar-refractivity contribution is 7.09. The molecule has 1 amide bonds. The average molecular weight is 508 g/mol. The lowest BCUT2D eigenvalue weighted by Gasteiger charge is -2.32. The number of carbonyl (C=O) groups excluding carboxylic acids is 1. The summed E-state index contributed by atoms with van der Waals surface area (Å²) in [6, 6.07) is 9.21. The van der Waals surface area contributed by atoms with Crippen molar-refractivity contribution < 1.29 is 18.3 Å². The quantitative estimate of drug-likeness (QED) is 0.446. The molecule has 3 aromatic rings. The number of alkyl halides is 3. The summed E-state index contributed by atoms with van der Waals surface area (Å²) in [6.45, 7) is 3.90. The molecule has 0 radical (unpaired) electrons. The number of hydrogen-bond donors (Lipinski definition) is 1. The molecular formula is C23H24ClF2N5O2S. The van der Waals surface area contributed by atoms with E-state index >= 15 is 0 Å². The van der Waals surface area contributed by atoms with Gasteiger partial charge in [-0.2, -0.15) is 0 Å². The number of hydrogen-bond acceptors (Lipinski definition) is 7. The van der Waals surface area contributed by atoms with Crippen LogP contribution in [0.3, 0.4) is 0 Å². The summed E-state index contributed by atoms with van der Waals surface area (Å²) in [7, 11) is 4.16. The molecule has 180 valence electrons. The van der Waals surface area contributed by atoms with E-state index in [1.165, 1.54) is 35.8 Å². The average Bonchev–Trinajstić information content (AvgIpc) is 3.44. The molecule has 0 unspecified atom stereocenters. The zero-order chi connectivity index (χ0) is 24.5. The summed E-state index contributed by atoms with van der Waals surface area (Å²) < 4.78 is 34.1. The van der Waals surface area contributed by atoms with E-state index in [0.717, 1.165) is 35.8 Å². The highest BCUT2D eigenvalue weighted by Gasteiger charge is 2.37. The van der Waals surface area contributed by atoms with Gasteiger partial charge in [0.1, 0.15) is 11.6 Å². The third-order valence-corrected chi connectivity index (χ3v) is 6.87. The second kappa shape index (κ2) is 9.44. The fraction of sp³-hybridized carbons (Fsp3) is 0.348. The maximum atomic E-state index is 12.9. The Morgan fingerprint density at radius 3 is 2.62 bits per heavy atom. The topological polar surface area (TPSA) is 70.6 Å². The first kappa shape index (κ1) is 24.3. The Kier molecular flexibility index (Phi) is 6.75. The van der Waals surface area contributed by atoms with Gasteiger partial charge in [-0.3, -0.25) is 4.79 Å². The number of nitrogens with one attached hydrogen (secondary N) is 1. The van der Waals surface area contributed by atoms with E-state index in [2.05, 4.69) is 50.2 Å². The third kappa shape index (κ3) is 5.45. The van der Waals surface area contributed by atoms with Gasteiger partial charge in [0.2, 0.25) is 0 Å². The van der Waals surface area contributed by atoms with Crippen LogP contribution in [0, 0.1) is 0 Å². The summed E-state index contributed by atoms with van der Waals surface area (Å²) in [6.07, 6.45) is 4.27. The molecule has 1 aliphatic heterocycles. The van der Waals surface area contributed by atoms with Gasteiger partial charge < -0.3 is 19.9 Å². The Hall–Kier alpha value is -2.82. The molecule has 1 atom stereocenters. The number of likely N-dealkylation sites (N-methyl/N-ethyl adjacent to an activating group) is 1. The molecule has 11 heteroatoms. The van der Waals surface area contributed by atoms with Crippen LogP contribution in [-0.4, -0.2) is 58.5 Å². The standard InChI is InChI=1S/C23H24ClF2N5O2S/c1-22(30(2)3)9-11-31(14-22)20-18(19-8-10-28-34-19)12-15(13-27-20)21(32)29-16-4-6-17(7-5-16)33-23(24,25)26/h4-8,10,12-13H,9,11,14H2,1-3H3,(H,29,32)/t22-/m0/s1. The number of halogens is 3. The van der Waals surface area contributed by atoms with Gasteiger partial charge in [0.05, 0.1) is 10.4 Å². The highest BCUT2D eigenvalue weighted by Crippen LogP contribution is 2.37. The minimum Gasteiger partial charge on any atom is -0.420 e. The van der Waals surface area contributed by atoms with Crippen molar-refractivity contribution in [3.05, 3.63) is 54.4 Å². The van der Waals surface area contributed by atoms with Crippen LogP contribution in [-0.2, 0) is 0 Å². The summed E-state index contributed by atoms with van der Waals surface area (Å²) in [5.74, 6) is 0.322. The van der Waals surface area contributed by atoms with Gasteiger partial charge in [-0.25, -0.2) is 9.36 Å². The fourth-order valence-corrected chi connectivity index (χ4v) is 4.50. The van der Waals surface area contributed by atoms with Crippen molar-refractivity contribution in [2.45, 2.75) is 24.5 Å². The Morgan fingerprint density at radius 1 is 1.29 bits per heavy atom. The summed E-state index contributed by atoms with van der Waals surface area (Å²) >= 11 is 6.12. The molecule has 0 saturated carbocycles. The summed E-state index contributed by atoms with van der Waals surface area (Å²) in [5, 5.41) is 2.75. The molecule has 0 aliphatic carbocycles. The maximum absolute atomic E-state index is 12.9. The van der Waals surface area contributed by atoms with Crippen LogP contribution in [0.2, 0.25) is 0 Å². The van der Waals surface area contributed by atoms with E-state index in [9.17, 15) is 13.6 Å². The van der Waals surface area contributed by atoms with E-state index in [0.29, 0.717) is 11.3 Å². The SMILES string of the molecule is CN(C)[C@@]1(C)CCN(c2ncc(C(=O)Nc3ccc(OC(F)(F)Cl)cc3)cc2-c2ccns2)C1. The molecule has 1 aliphatic rings. The number of ether oxygens (including phenoxy) is 1. The lowest BCUT2D eigenvalue weighted by molar-refractivity contribution is -0.0964. The molecule has 1 fully saturated rings. The normalized spacial score (nSPS) is 18.4. The van der Waals surface area contributed by atoms with Crippen LogP contribution in [0.4, 0.5) is 20.3 Å². The number of aromatic nitrogens is 2. The second-order valence-electron chi connectivity index (χ2n) is 8.56. The third-order valence-electron chi connectivity index (χ3n) is 6.01. The molecule has 2 aromatic heterocycles. The number of carbonyl (C=O) groups is 1. The number of amides is 1. The molecule has 7 nitrogen and oxygen atoms in total. The molecule has 1 aromatic carbocycles. The lowest BCUT2D eigenvalue weighted by Crippen LogP contribution is -2.43. The van der Waals surface area contributed by atoms with Crippen molar-refractivity contribution >= 4 is 40.5 Å². The number of benzene rings is 1. The largest absolute Gasteiger partial charge is 0.487 e. The van der Waals surface area contributed by atoms with Crippen molar-refractivity contribution in [2.75, 3.05) is 37.4 Å². The smallest absolute Gasteiger partial charge is 0.420 e. The Morgan fingerprint density at radius 2 is 2.03 bits per heavy atom. The van der Waals surface area contributed by atoms with Crippen LogP contribution >= 0.6 is 23.1 Å². The van der Waals surface area contributed by atoms with Crippen molar-refractivity contribution in [1.29, 1.82) is 0 Å². The van der Waals surface area contributed by atoms with E-state index in [1.807, 2.05) is 12.1 Å². The first-order chi connectivity index (χ1) is 16.0. The predicted molar refractivity (Wildman–Crippen MR) is 130 cm³/mol. The molecule has 0 spiro atoms. The van der Waals surface area contributed by atoms with Crippen molar-refractivity contribution in [3.63, 3.8) is 0 Å². The Balaban J connectivity index is 1.56. The number of pyridine rings is 1. The zero-order valence-electron chi connectivity index (χ0n) is 18.9. The molecule has 4 rings (SSSR count). The van der Waals surface area contributed by atoms with Crippen molar-refractivity contribution in [3.8, 4) is 16.2 Å². The van der Waals surface area contributed by atoms with Crippen LogP contribution < -0.4 is 15.0 Å².